The quantitative estimate of drug-likeness (QED) is 0.615. The van der Waals surface area contributed by atoms with Crippen LogP contribution in [-0.4, -0.2) is 35.5 Å². The molecule has 0 radical (unpaired) electrons. The van der Waals surface area contributed by atoms with Gasteiger partial charge in [-0.2, -0.15) is 0 Å². The Labute approximate surface area is 159 Å². The molecule has 4 rings (SSSR count). The first-order valence-corrected chi connectivity index (χ1v) is 9.53. The van der Waals surface area contributed by atoms with Gasteiger partial charge in [0.25, 0.3) is 0 Å². The number of rotatable bonds is 3. The van der Waals surface area contributed by atoms with E-state index in [0.29, 0.717) is 0 Å². The number of hydrogen-bond acceptors (Lipinski definition) is 3. The predicted molar refractivity (Wildman–Crippen MR) is 107 cm³/mol. The monoisotopic (exact) mass is 366 g/mol. The van der Waals surface area contributed by atoms with Crippen LogP contribution in [0.1, 0.15) is 36.0 Å². The van der Waals surface area contributed by atoms with Gasteiger partial charge < -0.3 is 5.21 Å². The Kier molecular flexibility index (Phi) is 4.84. The fraction of sp³-hybridized carbons (Fsp3) is 0.318. The maximum Gasteiger partial charge on any atom is 0.0879 e. The molecule has 1 N–H and O–H groups in total. The van der Waals surface area contributed by atoms with Crippen LogP contribution < -0.4 is 0 Å². The summed E-state index contributed by atoms with van der Waals surface area (Å²) in [5.74, 6) is 0. The van der Waals surface area contributed by atoms with Gasteiger partial charge in [-0.05, 0) is 49.2 Å². The highest BCUT2D eigenvalue weighted by atomic mass is 35.5. The van der Waals surface area contributed by atoms with Gasteiger partial charge in [0.05, 0.1) is 5.71 Å². The van der Waals surface area contributed by atoms with Crippen molar-refractivity contribution in [1.29, 1.82) is 0 Å². The molecular weight excluding hydrogens is 344 g/mol. The fourth-order valence-electron chi connectivity index (χ4n) is 4.32. The molecule has 0 atom stereocenters. The van der Waals surface area contributed by atoms with Crippen LogP contribution in [0.3, 0.4) is 0 Å². The molecule has 4 heteroatoms. The predicted octanol–water partition coefficient (Wildman–Crippen LogP) is 4.97. The normalized spacial score (nSPS) is 20.9. The van der Waals surface area contributed by atoms with Crippen molar-refractivity contribution < 1.29 is 5.21 Å². The van der Waals surface area contributed by atoms with Crippen LogP contribution in [0.4, 0.5) is 0 Å². The van der Waals surface area contributed by atoms with Crippen LogP contribution >= 0.6 is 11.6 Å². The zero-order chi connectivity index (χ0) is 18.0. The third-order valence-corrected chi connectivity index (χ3v) is 6.04. The lowest BCUT2D eigenvalue weighted by Crippen LogP contribution is -2.41. The molecule has 134 valence electrons. The smallest absolute Gasteiger partial charge is 0.0879 e. The van der Waals surface area contributed by atoms with Crippen LogP contribution in [0.25, 0.3) is 6.08 Å². The van der Waals surface area contributed by atoms with E-state index in [1.165, 1.54) is 11.1 Å². The summed E-state index contributed by atoms with van der Waals surface area (Å²) in [7, 11) is 0. The Morgan fingerprint density at radius 1 is 1.08 bits per heavy atom. The lowest BCUT2D eigenvalue weighted by Gasteiger charge is -2.39. The molecule has 2 aromatic rings. The van der Waals surface area contributed by atoms with Crippen molar-refractivity contribution in [2.24, 2.45) is 5.16 Å². The summed E-state index contributed by atoms with van der Waals surface area (Å²) in [6.07, 6.45) is 7.46. The fourth-order valence-corrected chi connectivity index (χ4v) is 4.44. The Hall–Kier alpha value is -2.10. The summed E-state index contributed by atoms with van der Waals surface area (Å²) >= 11 is 5.93. The third kappa shape index (κ3) is 3.29. The van der Waals surface area contributed by atoms with Crippen LogP contribution in [-0.2, 0) is 5.41 Å². The van der Waals surface area contributed by atoms with E-state index in [4.69, 9.17) is 11.6 Å². The average molecular weight is 367 g/mol. The van der Waals surface area contributed by atoms with E-state index in [-0.39, 0.29) is 5.41 Å². The van der Waals surface area contributed by atoms with Crippen LogP contribution in [0.2, 0.25) is 5.02 Å². The Morgan fingerprint density at radius 3 is 2.54 bits per heavy atom. The molecule has 0 saturated carbocycles. The molecule has 3 nitrogen and oxygen atoms in total. The molecule has 2 aliphatic rings. The van der Waals surface area contributed by atoms with Crippen LogP contribution in [0, 0.1) is 0 Å². The first-order chi connectivity index (χ1) is 12.7. The second-order valence-electron chi connectivity index (χ2n) is 7.30. The Bertz CT molecular complexity index is 833. The number of likely N-dealkylation sites (tertiary alicyclic amines) is 1. The lowest BCUT2D eigenvalue weighted by molar-refractivity contribution is 0.178. The van der Waals surface area contributed by atoms with E-state index in [1.807, 2.05) is 30.3 Å². The van der Waals surface area contributed by atoms with Crippen molar-refractivity contribution in [1.82, 2.24) is 4.90 Å². The number of benzene rings is 2. The molecule has 2 aromatic carbocycles. The van der Waals surface area contributed by atoms with Crippen LogP contribution in [0.5, 0.6) is 0 Å². The molecule has 1 fully saturated rings. The van der Waals surface area contributed by atoms with Gasteiger partial charge in [-0.15, -0.1) is 0 Å². The zero-order valence-corrected chi connectivity index (χ0v) is 15.5. The summed E-state index contributed by atoms with van der Waals surface area (Å²) in [6, 6.07) is 16.3. The maximum atomic E-state index is 9.38. The summed E-state index contributed by atoms with van der Waals surface area (Å²) < 4.78 is 0. The first kappa shape index (κ1) is 17.3. The van der Waals surface area contributed by atoms with Gasteiger partial charge in [-0.25, -0.2) is 0 Å². The van der Waals surface area contributed by atoms with E-state index < -0.39 is 0 Å². The Balaban J connectivity index is 1.39. The number of halogens is 1. The highest BCUT2D eigenvalue weighted by molar-refractivity contribution is 6.30. The largest absolute Gasteiger partial charge is 0.411 e. The second-order valence-corrected chi connectivity index (χ2v) is 7.74. The minimum atomic E-state index is 0.147. The van der Waals surface area contributed by atoms with Gasteiger partial charge in [0.15, 0.2) is 0 Å². The molecule has 0 aromatic heterocycles. The molecule has 1 aliphatic heterocycles. The van der Waals surface area contributed by atoms with Gasteiger partial charge >= 0.3 is 0 Å². The van der Waals surface area contributed by atoms with Crippen molar-refractivity contribution in [3.8, 4) is 0 Å². The average Bonchev–Trinajstić information content (AvgIpc) is 2.99. The summed E-state index contributed by atoms with van der Waals surface area (Å²) in [6.45, 7) is 3.09. The molecule has 1 aliphatic carbocycles. The van der Waals surface area contributed by atoms with Crippen molar-refractivity contribution in [2.75, 3.05) is 19.6 Å². The summed E-state index contributed by atoms with van der Waals surface area (Å²) in [4.78, 5) is 2.49. The molecule has 0 unspecified atom stereocenters. The first-order valence-electron chi connectivity index (χ1n) is 9.15. The number of hydrogen-bond donors (Lipinski definition) is 1. The number of piperidine rings is 1. The molecule has 1 heterocycles. The van der Waals surface area contributed by atoms with Crippen molar-refractivity contribution in [2.45, 2.75) is 24.7 Å². The van der Waals surface area contributed by atoms with E-state index in [1.54, 1.807) is 0 Å². The molecule has 1 saturated heterocycles. The van der Waals surface area contributed by atoms with Gasteiger partial charge in [0.2, 0.25) is 0 Å². The van der Waals surface area contributed by atoms with E-state index in [9.17, 15) is 5.21 Å². The van der Waals surface area contributed by atoms with Gasteiger partial charge in [0, 0.05) is 29.0 Å². The molecule has 0 amide bonds. The Morgan fingerprint density at radius 2 is 1.81 bits per heavy atom. The zero-order valence-electron chi connectivity index (χ0n) is 14.7. The minimum absolute atomic E-state index is 0.147. The van der Waals surface area contributed by atoms with E-state index in [0.717, 1.165) is 55.2 Å². The topological polar surface area (TPSA) is 35.8 Å². The maximum absolute atomic E-state index is 9.38. The van der Waals surface area contributed by atoms with E-state index in [2.05, 4.69) is 40.4 Å². The van der Waals surface area contributed by atoms with Gasteiger partial charge in [-0.3, -0.25) is 4.90 Å². The second kappa shape index (κ2) is 7.26. The van der Waals surface area contributed by atoms with E-state index >= 15 is 0 Å². The summed E-state index contributed by atoms with van der Waals surface area (Å²) in [5.41, 5.74) is 4.66. The molecular formula is C22H23ClN2O. The molecule has 26 heavy (non-hydrogen) atoms. The highest BCUT2D eigenvalue weighted by Gasteiger charge is 2.43. The lowest BCUT2D eigenvalue weighted by atomic mass is 9.74. The highest BCUT2D eigenvalue weighted by Crippen LogP contribution is 2.46. The van der Waals surface area contributed by atoms with Crippen LogP contribution in [0.15, 0.2) is 59.8 Å². The van der Waals surface area contributed by atoms with Crippen molar-refractivity contribution >= 4 is 23.4 Å². The SMILES string of the molecule is O/N=C1\CC2(CCN(C/C=C/c3ccc(Cl)cc3)CC2)c2ccccc21. The van der Waals surface area contributed by atoms with Crippen molar-refractivity contribution in [3.63, 3.8) is 0 Å². The number of nitrogens with zero attached hydrogens (tertiary/aromatic N) is 2. The number of oxime groups is 1. The number of fused-ring (bicyclic) bond motifs is 2. The van der Waals surface area contributed by atoms with Gasteiger partial charge in [0.1, 0.15) is 0 Å². The third-order valence-electron chi connectivity index (χ3n) is 5.79. The molecule has 0 bridgehead atoms. The summed E-state index contributed by atoms with van der Waals surface area (Å²) in [5, 5.41) is 13.7. The standard InChI is InChI=1S/C22H23ClN2O/c23-18-9-7-17(8-10-18)4-3-13-25-14-11-22(12-15-25)16-21(24-26)19-5-1-2-6-20(19)22/h1-10,26H,11-16H2/b4-3+,24-21+. The molecule has 1 spiro atoms. The minimum Gasteiger partial charge on any atom is -0.411 e. The van der Waals surface area contributed by atoms with Crippen molar-refractivity contribution in [3.05, 3.63) is 76.3 Å². The van der Waals surface area contributed by atoms with Gasteiger partial charge in [-0.1, -0.05) is 65.3 Å².